The lowest BCUT2D eigenvalue weighted by Gasteiger charge is -2.36. The highest BCUT2D eigenvalue weighted by Gasteiger charge is 2.46. The third kappa shape index (κ3) is 5.09. The largest absolute Gasteiger partial charge is 0.450 e. The SMILES string of the molecule is [2H]OC(C(=O)OC([2H])([2H])C#CCN(CC)CC)(c1c([2H])c([2H])c([2H])c([2H])c1[2H])C1([2H])C([2H])([2H])C([2H])([2H])C([2H])([2H])C([2H])([2H])C1([2H])[2H]. The minimum atomic E-state index is -4.65. The molecule has 1 saturated carbocycles. The Morgan fingerprint density at radius 1 is 1.38 bits per heavy atom. The monoisotopic (exact) mass is 376 g/mol. The molecule has 1 unspecified atom stereocenters. The molecule has 0 radical (unpaired) electrons. The summed E-state index contributed by atoms with van der Waals surface area (Å²) in [7, 11) is 0. The molecule has 0 amide bonds. The normalized spacial score (nSPS) is 39.3. The van der Waals surface area contributed by atoms with Crippen LogP contribution in [0.25, 0.3) is 0 Å². The summed E-state index contributed by atoms with van der Waals surface area (Å²) in [5, 5.41) is 4.45. The van der Waals surface area contributed by atoms with Crippen LogP contribution in [0.4, 0.5) is 0 Å². The van der Waals surface area contributed by atoms with Gasteiger partial charge in [-0.3, -0.25) is 4.90 Å². The van der Waals surface area contributed by atoms with Crippen LogP contribution in [-0.4, -0.2) is 43.6 Å². The summed E-state index contributed by atoms with van der Waals surface area (Å²) >= 11 is 0. The molecular formula is C22H31NO3. The molecule has 1 aliphatic carbocycles. The molecule has 1 aromatic carbocycles. The van der Waals surface area contributed by atoms with E-state index in [0.717, 1.165) is 0 Å². The van der Waals surface area contributed by atoms with Gasteiger partial charge in [-0.1, -0.05) is 75.0 Å². The van der Waals surface area contributed by atoms with Crippen LogP contribution in [-0.2, 0) is 15.1 Å². The molecule has 0 heterocycles. The van der Waals surface area contributed by atoms with Gasteiger partial charge < -0.3 is 9.85 Å². The first-order valence-electron chi connectivity index (χ1n) is 17.2. The molecule has 1 aromatic rings. The summed E-state index contributed by atoms with van der Waals surface area (Å²) in [5.41, 5.74) is -6.14. The molecule has 2 rings (SSSR count). The van der Waals surface area contributed by atoms with Crippen LogP contribution in [0, 0.1) is 17.7 Å². The standard InChI is InChI=1S/C22H31NO3/c1-3-23(4-2)17-11-12-18-26-21(24)22(25,19-13-7-5-8-14-19)20-15-9-6-10-16-20/h5,7-8,13-14,20,25H,3-4,6,9-10,15-18H2,1-2H3/i5D,6D2,7D,8D,9D2,10D2,13D,14D,15D2,16D2,18D2,20D,25D. The Morgan fingerprint density at radius 2 is 2.08 bits per heavy atom. The summed E-state index contributed by atoms with van der Waals surface area (Å²) in [4.78, 5) is 15.8. The molecule has 1 fully saturated rings. The van der Waals surface area contributed by atoms with Gasteiger partial charge in [-0.2, -0.15) is 0 Å². The second-order valence-electron chi connectivity index (χ2n) is 4.94. The summed E-state index contributed by atoms with van der Waals surface area (Å²) in [5.74, 6) is -2.88. The van der Waals surface area contributed by atoms with Crippen molar-refractivity contribution in [1.82, 2.24) is 4.90 Å². The van der Waals surface area contributed by atoms with Crippen molar-refractivity contribution in [2.45, 2.75) is 51.3 Å². The molecule has 26 heavy (non-hydrogen) atoms. The van der Waals surface area contributed by atoms with E-state index in [4.69, 9.17) is 29.5 Å². The van der Waals surface area contributed by atoms with Gasteiger partial charge in [-0.05, 0) is 31.4 Å². The number of aliphatic hydroxyl groups is 1. The van der Waals surface area contributed by atoms with Crippen molar-refractivity contribution in [3.8, 4) is 11.8 Å². The third-order valence-electron chi connectivity index (χ3n) is 3.47. The highest BCUT2D eigenvalue weighted by atomic mass is 16.5. The molecule has 1 aliphatic rings. The molecule has 0 aromatic heterocycles. The van der Waals surface area contributed by atoms with Gasteiger partial charge in [0.1, 0.15) is 0 Å². The Bertz CT molecular complexity index is 1340. The van der Waals surface area contributed by atoms with Crippen LogP contribution in [0.15, 0.2) is 30.2 Å². The zero-order chi connectivity index (χ0) is 35.6. The Morgan fingerprint density at radius 3 is 2.69 bits per heavy atom. The topological polar surface area (TPSA) is 49.8 Å². The van der Waals surface area contributed by atoms with Crippen LogP contribution >= 0.6 is 0 Å². The quantitative estimate of drug-likeness (QED) is 0.558. The number of benzene rings is 1. The summed E-state index contributed by atoms with van der Waals surface area (Å²) in [6.07, 6.45) is -21.7. The molecule has 4 heteroatoms. The number of hydrogen-bond acceptors (Lipinski definition) is 4. The Kier molecular flexibility index (Phi) is 2.65. The van der Waals surface area contributed by atoms with E-state index in [1.165, 1.54) is 0 Å². The van der Waals surface area contributed by atoms with Gasteiger partial charge in [0.2, 0.25) is 1.43 Å². The van der Waals surface area contributed by atoms with E-state index < -0.39 is 91.7 Å². The van der Waals surface area contributed by atoms with Crippen molar-refractivity contribution in [3.05, 3.63) is 35.8 Å². The zero-order valence-electron chi connectivity index (χ0n) is 33.3. The average molecular weight is 377 g/mol. The molecule has 0 aliphatic heterocycles. The van der Waals surface area contributed by atoms with Crippen molar-refractivity contribution in [1.29, 1.82) is 1.43 Å². The minimum absolute atomic E-state index is 0.0732. The Hall–Kier alpha value is -1.83. The Balaban J connectivity index is 3.20. The van der Waals surface area contributed by atoms with E-state index in [2.05, 4.69) is 11.0 Å². The molecular weight excluding hydrogens is 326 g/mol. The minimum Gasteiger partial charge on any atom is -0.450 e. The average Bonchev–Trinajstić information content (AvgIpc) is 2.93. The first-order valence-corrected chi connectivity index (χ1v) is 7.78. The maximum atomic E-state index is 14.1. The zero-order valence-corrected chi connectivity index (χ0v) is 14.3. The van der Waals surface area contributed by atoms with Crippen molar-refractivity contribution in [2.24, 2.45) is 5.89 Å². The van der Waals surface area contributed by atoms with Gasteiger partial charge in [0.05, 0.1) is 16.1 Å². The lowest BCUT2D eigenvalue weighted by molar-refractivity contribution is -0.174. The molecule has 0 saturated heterocycles. The van der Waals surface area contributed by atoms with Crippen molar-refractivity contribution in [3.63, 3.8) is 0 Å². The van der Waals surface area contributed by atoms with E-state index in [-0.39, 0.29) is 6.54 Å². The Labute approximate surface area is 184 Å². The van der Waals surface area contributed by atoms with Crippen LogP contribution in [0.1, 0.15) is 75.9 Å². The predicted molar refractivity (Wildman–Crippen MR) is 103 cm³/mol. The van der Waals surface area contributed by atoms with Gasteiger partial charge in [0.25, 0.3) is 0 Å². The van der Waals surface area contributed by atoms with Crippen LogP contribution in [0.5, 0.6) is 0 Å². The molecule has 1 atom stereocenters. The van der Waals surface area contributed by atoms with E-state index >= 15 is 0 Å². The fourth-order valence-corrected chi connectivity index (χ4v) is 1.96. The highest BCUT2D eigenvalue weighted by Crippen LogP contribution is 2.40. The smallest absolute Gasteiger partial charge is 0.344 e. The van der Waals surface area contributed by atoms with Crippen molar-refractivity contribution in [2.75, 3.05) is 26.2 Å². The summed E-state index contributed by atoms with van der Waals surface area (Å²) in [6, 6.07) is -6.78. The number of esters is 1. The fourth-order valence-electron chi connectivity index (χ4n) is 1.96. The number of hydrogen-bond donors (Lipinski definition) is 1. The molecule has 0 bridgehead atoms. The van der Waals surface area contributed by atoms with E-state index in [1.807, 2.05) is 5.92 Å². The van der Waals surface area contributed by atoms with Gasteiger partial charge in [-0.15, -0.1) is 0 Å². The number of carbonyl (C=O) groups is 1. The van der Waals surface area contributed by atoms with Gasteiger partial charge >= 0.3 is 5.97 Å². The highest BCUT2D eigenvalue weighted by molar-refractivity contribution is 5.81. The first kappa shape index (κ1) is 6.65. The number of carbonyl (C=O) groups excluding carboxylic acids is 1. The lowest BCUT2D eigenvalue weighted by atomic mass is 9.73. The number of ether oxygens (including phenoxy) is 1. The predicted octanol–water partition coefficient (Wildman–Crippen LogP) is 3.34. The maximum absolute atomic E-state index is 14.1. The second kappa shape index (κ2) is 10.4. The van der Waals surface area contributed by atoms with E-state index in [1.54, 1.807) is 18.7 Å². The van der Waals surface area contributed by atoms with Crippen LogP contribution in [0.3, 0.4) is 0 Å². The summed E-state index contributed by atoms with van der Waals surface area (Å²) in [6.45, 7) is 0.956. The van der Waals surface area contributed by atoms with Gasteiger partial charge in [0, 0.05) is 21.0 Å². The van der Waals surface area contributed by atoms with Crippen LogP contribution in [0.2, 0.25) is 0 Å². The number of nitrogens with zero attached hydrogens (tertiary/aromatic N) is 1. The van der Waals surface area contributed by atoms with Crippen molar-refractivity contribution >= 4 is 5.97 Å². The van der Waals surface area contributed by atoms with Gasteiger partial charge in [-0.25, -0.2) is 4.79 Å². The molecule has 0 spiro atoms. The fraction of sp³-hybridized carbons (Fsp3) is 0.591. The second-order valence-corrected chi connectivity index (χ2v) is 4.94. The lowest BCUT2D eigenvalue weighted by Crippen LogP contribution is -2.45. The third-order valence-corrected chi connectivity index (χ3v) is 3.47. The molecule has 4 nitrogen and oxygen atoms in total. The first-order chi connectivity index (χ1) is 20.1. The van der Waals surface area contributed by atoms with Crippen LogP contribution < -0.4 is 0 Å². The van der Waals surface area contributed by atoms with Crippen molar-refractivity contribution < 1.29 is 39.3 Å². The maximum Gasteiger partial charge on any atom is 0.344 e. The van der Waals surface area contributed by atoms with E-state index in [0.29, 0.717) is 13.1 Å². The number of rotatable bonds is 8. The summed E-state index contributed by atoms with van der Waals surface area (Å²) < 4.78 is 162. The molecule has 142 valence electrons. The van der Waals surface area contributed by atoms with E-state index in [9.17, 15) is 6.17 Å². The molecule has 1 N–H and O–H groups in total. The van der Waals surface area contributed by atoms with Gasteiger partial charge in [0.15, 0.2) is 12.2 Å².